The number of hydrogen-bond donors (Lipinski definition) is 3. The lowest BCUT2D eigenvalue weighted by molar-refractivity contribution is 0.0876. The molecule has 3 N–H and O–H groups in total. The first-order valence-electron chi connectivity index (χ1n) is 5.55. The van der Waals surface area contributed by atoms with Gasteiger partial charge in [-0.05, 0) is 25.3 Å². The molecule has 0 saturated heterocycles. The number of urea groups is 1. The fourth-order valence-corrected chi connectivity index (χ4v) is 2.16. The fraction of sp³-hybridized carbons (Fsp3) is 0.417. The van der Waals surface area contributed by atoms with Gasteiger partial charge >= 0.3 is 6.03 Å². The Labute approximate surface area is 114 Å². The highest BCUT2D eigenvalue weighted by Crippen LogP contribution is 2.13. The molecular formula is C12H16F2N2O2S. The van der Waals surface area contributed by atoms with Crippen LogP contribution in [0.15, 0.2) is 18.2 Å². The largest absolute Gasteiger partial charge is 0.387 e. The van der Waals surface area contributed by atoms with Crippen LogP contribution in [0.5, 0.6) is 0 Å². The average Bonchev–Trinajstić information content (AvgIpc) is 2.25. The number of amides is 2. The summed E-state index contributed by atoms with van der Waals surface area (Å²) < 4.78 is 25.8. The maximum Gasteiger partial charge on any atom is 0.319 e. The molecule has 0 aliphatic carbocycles. The molecule has 4 nitrogen and oxygen atoms in total. The van der Waals surface area contributed by atoms with Crippen molar-refractivity contribution in [3.8, 4) is 0 Å². The van der Waals surface area contributed by atoms with Crippen LogP contribution in [0.4, 0.5) is 19.3 Å². The van der Waals surface area contributed by atoms with Crippen molar-refractivity contribution >= 4 is 23.5 Å². The number of thioether (sulfide) groups is 1. The first-order chi connectivity index (χ1) is 8.82. The topological polar surface area (TPSA) is 61.4 Å². The van der Waals surface area contributed by atoms with Crippen LogP contribution < -0.4 is 10.6 Å². The van der Waals surface area contributed by atoms with Crippen LogP contribution in [0.25, 0.3) is 0 Å². The molecule has 0 aliphatic heterocycles. The van der Waals surface area contributed by atoms with E-state index in [1.807, 2.05) is 6.26 Å². The van der Waals surface area contributed by atoms with Crippen molar-refractivity contribution in [3.05, 3.63) is 29.8 Å². The fourth-order valence-electron chi connectivity index (χ4n) is 1.43. The minimum atomic E-state index is -1.04. The Morgan fingerprint density at radius 1 is 1.37 bits per heavy atom. The summed E-state index contributed by atoms with van der Waals surface area (Å²) in [6.45, 7) is 1.63. The third-order valence-corrected chi connectivity index (χ3v) is 3.12. The lowest BCUT2D eigenvalue weighted by atomic mass is 10.1. The second-order valence-corrected chi connectivity index (χ2v) is 5.26. The molecule has 0 aliphatic rings. The minimum absolute atomic E-state index is 0.0134. The first-order valence-corrected chi connectivity index (χ1v) is 6.94. The molecule has 0 saturated carbocycles. The van der Waals surface area contributed by atoms with E-state index in [9.17, 15) is 18.7 Å². The molecule has 0 spiro atoms. The standard InChI is InChI=1S/C12H16F2N2O2S/c1-12(18,7-19-2)6-15-11(17)16-10-4-8(13)3-9(14)5-10/h3-5,18H,6-7H2,1-2H3,(H2,15,16,17). The zero-order valence-electron chi connectivity index (χ0n) is 10.7. The summed E-state index contributed by atoms with van der Waals surface area (Å²) in [6.07, 6.45) is 1.84. The summed E-state index contributed by atoms with van der Waals surface area (Å²) >= 11 is 1.45. The van der Waals surface area contributed by atoms with E-state index in [1.165, 1.54) is 11.8 Å². The number of halogens is 2. The molecule has 1 atom stereocenters. The number of carbonyl (C=O) groups excluding carboxylic acids is 1. The lowest BCUT2D eigenvalue weighted by Crippen LogP contribution is -2.43. The van der Waals surface area contributed by atoms with Gasteiger partial charge in [0.1, 0.15) is 11.6 Å². The van der Waals surface area contributed by atoms with Gasteiger partial charge in [0.25, 0.3) is 0 Å². The zero-order chi connectivity index (χ0) is 14.5. The third-order valence-electron chi connectivity index (χ3n) is 2.21. The summed E-state index contributed by atoms with van der Waals surface area (Å²) in [6, 6.07) is 2.09. The Morgan fingerprint density at radius 3 is 2.47 bits per heavy atom. The summed E-state index contributed by atoms with van der Waals surface area (Å²) in [4.78, 5) is 11.5. The Kier molecular flexibility index (Phi) is 5.56. The van der Waals surface area contributed by atoms with E-state index in [0.29, 0.717) is 11.8 Å². The first kappa shape index (κ1) is 15.7. The monoisotopic (exact) mass is 290 g/mol. The average molecular weight is 290 g/mol. The van der Waals surface area contributed by atoms with Crippen LogP contribution in [-0.2, 0) is 0 Å². The number of benzene rings is 1. The quantitative estimate of drug-likeness (QED) is 0.779. The number of carbonyl (C=O) groups is 1. The van der Waals surface area contributed by atoms with Crippen LogP contribution in [-0.4, -0.2) is 35.3 Å². The number of anilines is 1. The van der Waals surface area contributed by atoms with Gasteiger partial charge in [0.2, 0.25) is 0 Å². The molecule has 0 fully saturated rings. The van der Waals surface area contributed by atoms with Gasteiger partial charge in [-0.2, -0.15) is 11.8 Å². The molecule has 1 aromatic rings. The van der Waals surface area contributed by atoms with E-state index < -0.39 is 23.3 Å². The van der Waals surface area contributed by atoms with Crippen LogP contribution in [0.1, 0.15) is 6.92 Å². The second-order valence-electron chi connectivity index (χ2n) is 4.40. The van der Waals surface area contributed by atoms with Crippen LogP contribution >= 0.6 is 11.8 Å². The highest BCUT2D eigenvalue weighted by atomic mass is 32.2. The highest BCUT2D eigenvalue weighted by Gasteiger charge is 2.20. The van der Waals surface area contributed by atoms with Gasteiger partial charge < -0.3 is 15.7 Å². The van der Waals surface area contributed by atoms with Crippen molar-refractivity contribution in [1.82, 2.24) is 5.32 Å². The van der Waals surface area contributed by atoms with E-state index in [1.54, 1.807) is 6.92 Å². The summed E-state index contributed by atoms with van der Waals surface area (Å²) in [7, 11) is 0. The molecule has 1 unspecified atom stereocenters. The van der Waals surface area contributed by atoms with E-state index >= 15 is 0 Å². The number of nitrogens with one attached hydrogen (secondary N) is 2. The molecule has 0 aromatic heterocycles. The van der Waals surface area contributed by atoms with E-state index in [4.69, 9.17) is 0 Å². The number of hydrogen-bond acceptors (Lipinski definition) is 3. The zero-order valence-corrected chi connectivity index (χ0v) is 11.5. The van der Waals surface area contributed by atoms with Gasteiger partial charge in [0, 0.05) is 24.1 Å². The third kappa shape index (κ3) is 5.89. The van der Waals surface area contributed by atoms with Crippen molar-refractivity contribution in [2.24, 2.45) is 0 Å². The Hall–Kier alpha value is -1.34. The van der Waals surface area contributed by atoms with Crippen molar-refractivity contribution in [1.29, 1.82) is 0 Å². The molecule has 0 heterocycles. The molecule has 19 heavy (non-hydrogen) atoms. The normalized spacial score (nSPS) is 13.7. The Balaban J connectivity index is 2.51. The molecule has 106 valence electrons. The maximum atomic E-state index is 12.9. The van der Waals surface area contributed by atoms with E-state index in [-0.39, 0.29) is 12.2 Å². The molecular weight excluding hydrogens is 274 g/mol. The Morgan fingerprint density at radius 2 is 1.95 bits per heavy atom. The molecule has 2 amide bonds. The smallest absolute Gasteiger partial charge is 0.319 e. The molecule has 1 aromatic carbocycles. The predicted molar refractivity (Wildman–Crippen MR) is 72.4 cm³/mol. The summed E-state index contributed by atoms with van der Waals surface area (Å²) in [5, 5.41) is 14.6. The molecule has 0 bridgehead atoms. The number of aliphatic hydroxyl groups is 1. The van der Waals surface area contributed by atoms with Gasteiger partial charge in [-0.3, -0.25) is 0 Å². The summed E-state index contributed by atoms with van der Waals surface area (Å²) in [5.41, 5.74) is -1.02. The second kappa shape index (κ2) is 6.72. The Bertz CT molecular complexity index is 435. The molecule has 1 rings (SSSR count). The predicted octanol–water partition coefficient (Wildman–Crippen LogP) is 2.20. The van der Waals surface area contributed by atoms with Crippen LogP contribution in [0.2, 0.25) is 0 Å². The van der Waals surface area contributed by atoms with Gasteiger partial charge in [-0.15, -0.1) is 0 Å². The van der Waals surface area contributed by atoms with Crippen LogP contribution in [0.3, 0.4) is 0 Å². The lowest BCUT2D eigenvalue weighted by Gasteiger charge is -2.22. The summed E-state index contributed by atoms with van der Waals surface area (Å²) in [5.74, 6) is -1.09. The molecule has 0 radical (unpaired) electrons. The van der Waals surface area contributed by atoms with Gasteiger partial charge in [0.05, 0.1) is 5.60 Å². The van der Waals surface area contributed by atoms with Gasteiger partial charge in [-0.1, -0.05) is 0 Å². The highest BCUT2D eigenvalue weighted by molar-refractivity contribution is 7.98. The maximum absolute atomic E-state index is 12.9. The van der Waals surface area contributed by atoms with Gasteiger partial charge in [0.15, 0.2) is 0 Å². The SMILES string of the molecule is CSCC(C)(O)CNC(=O)Nc1cc(F)cc(F)c1. The van der Waals surface area contributed by atoms with Gasteiger partial charge in [-0.25, -0.2) is 13.6 Å². The minimum Gasteiger partial charge on any atom is -0.387 e. The number of rotatable bonds is 5. The van der Waals surface area contributed by atoms with E-state index in [2.05, 4.69) is 10.6 Å². The van der Waals surface area contributed by atoms with Crippen molar-refractivity contribution in [2.75, 3.05) is 23.9 Å². The van der Waals surface area contributed by atoms with E-state index in [0.717, 1.165) is 12.1 Å². The van der Waals surface area contributed by atoms with Crippen molar-refractivity contribution < 1.29 is 18.7 Å². The van der Waals surface area contributed by atoms with Crippen molar-refractivity contribution in [3.63, 3.8) is 0 Å². The van der Waals surface area contributed by atoms with Crippen LogP contribution in [0, 0.1) is 11.6 Å². The molecule has 7 heteroatoms. The van der Waals surface area contributed by atoms with Crippen molar-refractivity contribution in [2.45, 2.75) is 12.5 Å².